The van der Waals surface area contributed by atoms with Crippen LogP contribution < -0.4 is 9.64 Å². The van der Waals surface area contributed by atoms with Gasteiger partial charge >= 0.3 is 0 Å². The average molecular weight is 475 g/mol. The summed E-state index contributed by atoms with van der Waals surface area (Å²) >= 11 is 6.22. The number of piperidine rings is 2. The Hall–Kier alpha value is -1.83. The van der Waals surface area contributed by atoms with Gasteiger partial charge in [0.05, 0.1) is 16.7 Å². The molecule has 0 bridgehead atoms. The molecule has 2 saturated heterocycles. The number of rotatable bonds is 6. The third-order valence-corrected chi connectivity index (χ3v) is 7.29. The molecule has 2 fully saturated rings. The van der Waals surface area contributed by atoms with Crippen LogP contribution in [0.5, 0.6) is 5.75 Å². The van der Waals surface area contributed by atoms with E-state index < -0.39 is 17.3 Å². The van der Waals surface area contributed by atoms with Crippen molar-refractivity contribution in [2.45, 2.75) is 50.4 Å². The molecular weight excluding hydrogens is 440 g/mol. The Bertz CT molecular complexity index is 963. The molecule has 180 valence electrons. The van der Waals surface area contributed by atoms with E-state index in [1.807, 2.05) is 19.1 Å². The lowest BCUT2D eigenvalue weighted by Crippen LogP contribution is -2.62. The number of β-amino-alcohol motifs (C(OH)–C–C–N with tert-alkyl or cyclic N) is 2. The van der Waals surface area contributed by atoms with Crippen molar-refractivity contribution in [1.29, 1.82) is 0 Å². The Kier molecular flexibility index (Phi) is 7.22. The molecule has 0 saturated carbocycles. The van der Waals surface area contributed by atoms with Gasteiger partial charge in [0.1, 0.15) is 18.0 Å². The molecule has 3 N–H and O–H groups in total. The number of nitrogens with zero attached hydrogens (tertiary/aromatic N) is 2. The minimum atomic E-state index is -1.43. The van der Waals surface area contributed by atoms with Crippen LogP contribution in [0.4, 0.5) is 5.69 Å². The van der Waals surface area contributed by atoms with Crippen molar-refractivity contribution >= 4 is 17.3 Å². The first-order valence-electron chi connectivity index (χ1n) is 11.7. The SMILES string of the molecule is Cc1cccc(N2CCC(O)(CN3CC[C@H](O)[C@@](O)(COc4cc(C)ccc4Cl)C3)CC2)c1. The molecule has 6 nitrogen and oxygen atoms in total. The lowest BCUT2D eigenvalue weighted by molar-refractivity contribution is -0.149. The molecule has 33 heavy (non-hydrogen) atoms. The summed E-state index contributed by atoms with van der Waals surface area (Å²) in [6.45, 7) is 6.88. The van der Waals surface area contributed by atoms with E-state index in [4.69, 9.17) is 16.3 Å². The Morgan fingerprint density at radius 3 is 2.48 bits per heavy atom. The van der Waals surface area contributed by atoms with Gasteiger partial charge in [-0.05, 0) is 68.5 Å². The number of likely N-dealkylation sites (tertiary alicyclic amines) is 1. The smallest absolute Gasteiger partial charge is 0.138 e. The number of aliphatic hydroxyl groups excluding tert-OH is 1. The summed E-state index contributed by atoms with van der Waals surface area (Å²) in [5.74, 6) is 0.497. The third-order valence-electron chi connectivity index (χ3n) is 6.98. The summed E-state index contributed by atoms with van der Waals surface area (Å²) < 4.78 is 5.83. The highest BCUT2D eigenvalue weighted by atomic mass is 35.5. The van der Waals surface area contributed by atoms with Gasteiger partial charge in [0.2, 0.25) is 0 Å². The van der Waals surface area contributed by atoms with Crippen LogP contribution in [0.2, 0.25) is 5.02 Å². The second-order valence-corrected chi connectivity index (χ2v) is 10.3. The highest BCUT2D eigenvalue weighted by Crippen LogP contribution is 2.32. The maximum Gasteiger partial charge on any atom is 0.138 e. The quantitative estimate of drug-likeness (QED) is 0.597. The number of aliphatic hydroxyl groups is 3. The molecule has 2 heterocycles. The molecule has 2 aromatic carbocycles. The van der Waals surface area contributed by atoms with Crippen LogP contribution >= 0.6 is 11.6 Å². The van der Waals surface area contributed by atoms with Crippen molar-refractivity contribution in [2.75, 3.05) is 44.2 Å². The minimum absolute atomic E-state index is 0.0621. The number of halogens is 1. The zero-order valence-electron chi connectivity index (χ0n) is 19.5. The van der Waals surface area contributed by atoms with E-state index in [0.29, 0.717) is 43.1 Å². The Balaban J connectivity index is 1.35. The maximum atomic E-state index is 11.3. The van der Waals surface area contributed by atoms with Gasteiger partial charge < -0.3 is 25.0 Å². The number of hydrogen-bond acceptors (Lipinski definition) is 6. The van der Waals surface area contributed by atoms with Crippen molar-refractivity contribution < 1.29 is 20.1 Å². The van der Waals surface area contributed by atoms with Crippen molar-refractivity contribution in [3.8, 4) is 5.75 Å². The Labute approximate surface area is 201 Å². The van der Waals surface area contributed by atoms with E-state index in [2.05, 4.69) is 41.0 Å². The first kappa shape index (κ1) is 24.3. The molecule has 2 aliphatic heterocycles. The summed E-state index contributed by atoms with van der Waals surface area (Å²) in [5.41, 5.74) is 1.19. The predicted molar refractivity (Wildman–Crippen MR) is 131 cm³/mol. The molecule has 0 aliphatic carbocycles. The van der Waals surface area contributed by atoms with E-state index in [9.17, 15) is 15.3 Å². The fraction of sp³-hybridized carbons (Fsp3) is 0.538. The Morgan fingerprint density at radius 1 is 1.03 bits per heavy atom. The number of aryl methyl sites for hydroxylation is 2. The largest absolute Gasteiger partial charge is 0.489 e. The van der Waals surface area contributed by atoms with Gasteiger partial charge in [-0.3, -0.25) is 4.90 Å². The van der Waals surface area contributed by atoms with E-state index in [-0.39, 0.29) is 13.2 Å². The fourth-order valence-corrected chi connectivity index (χ4v) is 5.10. The Morgan fingerprint density at radius 2 is 1.76 bits per heavy atom. The number of benzene rings is 2. The number of ether oxygens (including phenoxy) is 1. The zero-order valence-corrected chi connectivity index (χ0v) is 20.3. The van der Waals surface area contributed by atoms with Crippen molar-refractivity contribution in [3.63, 3.8) is 0 Å². The fourth-order valence-electron chi connectivity index (χ4n) is 4.93. The van der Waals surface area contributed by atoms with Crippen LogP contribution in [0.3, 0.4) is 0 Å². The van der Waals surface area contributed by atoms with Crippen LogP contribution in [0.25, 0.3) is 0 Å². The van der Waals surface area contributed by atoms with E-state index in [1.54, 1.807) is 6.07 Å². The van der Waals surface area contributed by atoms with Crippen LogP contribution in [0.15, 0.2) is 42.5 Å². The summed E-state index contributed by atoms with van der Waals surface area (Å²) in [5, 5.41) is 33.5. The van der Waals surface area contributed by atoms with Crippen LogP contribution in [0.1, 0.15) is 30.4 Å². The molecular formula is C26H35ClN2O4. The van der Waals surface area contributed by atoms with Crippen LogP contribution in [-0.2, 0) is 0 Å². The lowest BCUT2D eigenvalue weighted by atomic mass is 9.86. The van der Waals surface area contributed by atoms with Gasteiger partial charge in [-0.2, -0.15) is 0 Å². The van der Waals surface area contributed by atoms with E-state index in [1.165, 1.54) is 11.3 Å². The van der Waals surface area contributed by atoms with E-state index >= 15 is 0 Å². The first-order chi connectivity index (χ1) is 15.7. The van der Waals surface area contributed by atoms with Crippen molar-refractivity contribution in [1.82, 2.24) is 4.90 Å². The third kappa shape index (κ3) is 5.81. The van der Waals surface area contributed by atoms with Crippen LogP contribution in [0, 0.1) is 13.8 Å². The second kappa shape index (κ2) is 9.80. The van der Waals surface area contributed by atoms with Gasteiger partial charge in [-0.15, -0.1) is 0 Å². The molecule has 2 aromatic rings. The standard InChI is InChI=1S/C26H35ClN2O4/c1-19-4-3-5-21(14-19)29-12-9-25(31,10-13-29)16-28-11-8-24(30)26(32,17-28)18-33-23-15-20(2)6-7-22(23)27/h3-7,14-15,24,30-32H,8-13,16-18H2,1-2H3/t24-,26-/m0/s1. The van der Waals surface area contributed by atoms with Crippen molar-refractivity contribution in [2.24, 2.45) is 0 Å². The number of hydrogen-bond donors (Lipinski definition) is 3. The molecule has 0 amide bonds. The molecule has 0 radical (unpaired) electrons. The normalized spacial score (nSPS) is 25.8. The molecule has 2 atom stereocenters. The molecule has 2 aliphatic rings. The van der Waals surface area contributed by atoms with Crippen LogP contribution in [-0.4, -0.2) is 76.9 Å². The highest BCUT2D eigenvalue weighted by Gasteiger charge is 2.44. The summed E-state index contributed by atoms with van der Waals surface area (Å²) in [4.78, 5) is 4.37. The molecule has 0 aromatic heterocycles. The van der Waals surface area contributed by atoms with Gasteiger partial charge in [-0.25, -0.2) is 0 Å². The molecule has 0 spiro atoms. The summed E-state index contributed by atoms with van der Waals surface area (Å²) in [6.07, 6.45) is 0.851. The van der Waals surface area contributed by atoms with E-state index in [0.717, 1.165) is 18.7 Å². The minimum Gasteiger partial charge on any atom is -0.489 e. The van der Waals surface area contributed by atoms with Gasteiger partial charge in [0, 0.05) is 38.4 Å². The number of anilines is 1. The van der Waals surface area contributed by atoms with Gasteiger partial charge in [-0.1, -0.05) is 29.8 Å². The summed E-state index contributed by atoms with van der Waals surface area (Å²) in [7, 11) is 0. The second-order valence-electron chi connectivity index (χ2n) is 9.89. The van der Waals surface area contributed by atoms with Gasteiger partial charge in [0.25, 0.3) is 0 Å². The maximum absolute atomic E-state index is 11.3. The van der Waals surface area contributed by atoms with Crippen molar-refractivity contribution in [3.05, 3.63) is 58.6 Å². The molecule has 7 heteroatoms. The predicted octanol–water partition coefficient (Wildman–Crippen LogP) is 3.16. The highest BCUT2D eigenvalue weighted by molar-refractivity contribution is 6.32. The molecule has 4 rings (SSSR count). The first-order valence-corrected chi connectivity index (χ1v) is 12.1. The molecule has 0 unspecified atom stereocenters. The average Bonchev–Trinajstić information content (AvgIpc) is 2.77. The van der Waals surface area contributed by atoms with Gasteiger partial charge in [0.15, 0.2) is 0 Å². The summed E-state index contributed by atoms with van der Waals surface area (Å²) in [6, 6.07) is 13.9. The monoisotopic (exact) mass is 474 g/mol. The lowest BCUT2D eigenvalue weighted by Gasteiger charge is -2.46. The topological polar surface area (TPSA) is 76.4 Å². The zero-order chi connectivity index (χ0) is 23.6.